The fourth-order valence-corrected chi connectivity index (χ4v) is 12.7. The predicted molar refractivity (Wildman–Crippen MR) is 222 cm³/mol. The fraction of sp³-hybridized carbons (Fsp3) is 0.404. The van der Waals surface area contributed by atoms with Gasteiger partial charge >= 0.3 is 0 Å². The van der Waals surface area contributed by atoms with Crippen molar-refractivity contribution < 1.29 is 0 Å². The van der Waals surface area contributed by atoms with Gasteiger partial charge in [-0.1, -0.05) is 123 Å². The van der Waals surface area contributed by atoms with E-state index in [4.69, 9.17) is 0 Å². The number of nitrogens with zero attached hydrogens (tertiary/aromatic N) is 2. The smallest absolute Gasteiger partial charge is 0.227 e. The molecule has 4 heteroatoms. The van der Waals surface area contributed by atoms with E-state index in [2.05, 4.69) is 170 Å². The number of benzene rings is 4. The normalized spacial score (nSPS) is 21.9. The van der Waals surface area contributed by atoms with Crippen LogP contribution in [0, 0.1) is 12.3 Å². The molecule has 0 amide bonds. The summed E-state index contributed by atoms with van der Waals surface area (Å²) in [5, 5.41) is 1.76. The highest BCUT2D eigenvalue weighted by Crippen LogP contribution is 2.64. The van der Waals surface area contributed by atoms with Crippen LogP contribution >= 0.6 is 11.8 Å². The van der Waals surface area contributed by atoms with Gasteiger partial charge in [0.15, 0.2) is 0 Å². The van der Waals surface area contributed by atoms with E-state index in [9.17, 15) is 0 Å². The van der Waals surface area contributed by atoms with Gasteiger partial charge in [0.2, 0.25) is 6.71 Å². The number of hydrogen-bond donors (Lipinski definition) is 0. The Morgan fingerprint density at radius 1 is 0.784 bits per heavy atom. The SMILES string of the molecule is Cc1cc2c3c(c1)-n1c4c(c5cccc(c51)B3C1C3=C(CC(C)(C)C3)SC1N2c1cc(C(C)(C)C)cc(C(C)(C)C)c1)C(C)(C)c1ccccc1-4. The second-order valence-corrected chi connectivity index (χ2v) is 21.0. The molecule has 0 spiro atoms. The van der Waals surface area contributed by atoms with Crippen molar-refractivity contribution >= 4 is 51.7 Å². The maximum atomic E-state index is 2.82. The first kappa shape index (κ1) is 32.1. The molecule has 0 N–H and O–H groups in total. The molecule has 3 aliphatic heterocycles. The Morgan fingerprint density at radius 2 is 1.47 bits per heavy atom. The molecule has 5 aromatic rings. The molecule has 0 saturated carbocycles. The second-order valence-electron chi connectivity index (χ2n) is 19.8. The van der Waals surface area contributed by atoms with Crippen LogP contribution in [0.1, 0.15) is 110 Å². The van der Waals surface area contributed by atoms with Gasteiger partial charge in [0.1, 0.15) is 0 Å². The van der Waals surface area contributed by atoms with Crippen LogP contribution in [0.3, 0.4) is 0 Å². The zero-order valence-corrected chi connectivity index (χ0v) is 33.2. The Kier molecular flexibility index (Phi) is 6.20. The van der Waals surface area contributed by atoms with Gasteiger partial charge in [-0.2, -0.15) is 0 Å². The average molecular weight is 687 g/mol. The molecule has 4 aromatic carbocycles. The summed E-state index contributed by atoms with van der Waals surface area (Å²) in [6.45, 7) is 26.8. The van der Waals surface area contributed by atoms with Crippen LogP contribution in [-0.4, -0.2) is 16.7 Å². The summed E-state index contributed by atoms with van der Waals surface area (Å²) in [7, 11) is 0. The van der Waals surface area contributed by atoms with Crippen LogP contribution in [-0.2, 0) is 16.2 Å². The number of rotatable bonds is 1. The Morgan fingerprint density at radius 3 is 2.18 bits per heavy atom. The molecule has 258 valence electrons. The maximum Gasteiger partial charge on any atom is 0.227 e. The van der Waals surface area contributed by atoms with Gasteiger partial charge in [-0.3, -0.25) is 0 Å². The van der Waals surface area contributed by atoms with Crippen LogP contribution < -0.4 is 15.8 Å². The monoisotopic (exact) mass is 686 g/mol. The highest BCUT2D eigenvalue weighted by molar-refractivity contribution is 8.04. The number of fused-ring (bicyclic) bond motifs is 10. The lowest BCUT2D eigenvalue weighted by molar-refractivity contribution is 0.388. The molecule has 2 nitrogen and oxygen atoms in total. The summed E-state index contributed by atoms with van der Waals surface area (Å²) in [6, 6.07) is 29.1. The first-order valence-corrected chi connectivity index (χ1v) is 20.1. The summed E-state index contributed by atoms with van der Waals surface area (Å²) in [6.07, 6.45) is 2.39. The van der Waals surface area contributed by atoms with Crippen molar-refractivity contribution in [1.82, 2.24) is 4.57 Å². The number of aryl methyl sites for hydroxylation is 1. The Bertz CT molecular complexity index is 2380. The predicted octanol–water partition coefficient (Wildman–Crippen LogP) is 11.4. The number of thioether (sulfide) groups is 1. The molecule has 2 atom stereocenters. The molecule has 10 rings (SSSR count). The quantitative estimate of drug-likeness (QED) is 0.162. The molecular weight excluding hydrogens is 635 g/mol. The Labute approximate surface area is 309 Å². The van der Waals surface area contributed by atoms with Gasteiger partial charge in [-0.25, -0.2) is 0 Å². The van der Waals surface area contributed by atoms with E-state index >= 15 is 0 Å². The lowest BCUT2D eigenvalue weighted by Crippen LogP contribution is -2.60. The minimum atomic E-state index is -0.0689. The molecule has 0 radical (unpaired) electrons. The fourth-order valence-electron chi connectivity index (χ4n) is 10.8. The Hall–Kier alpha value is -3.63. The van der Waals surface area contributed by atoms with Crippen molar-refractivity contribution in [2.24, 2.45) is 5.41 Å². The number of para-hydroxylation sites is 1. The van der Waals surface area contributed by atoms with Gasteiger partial charge < -0.3 is 9.47 Å². The summed E-state index contributed by atoms with van der Waals surface area (Å²) in [4.78, 5) is 4.49. The van der Waals surface area contributed by atoms with E-state index < -0.39 is 0 Å². The van der Waals surface area contributed by atoms with Crippen LogP contribution in [0.2, 0.25) is 5.82 Å². The highest BCUT2D eigenvalue weighted by atomic mass is 32.2. The van der Waals surface area contributed by atoms with Gasteiger partial charge in [0.25, 0.3) is 0 Å². The molecule has 51 heavy (non-hydrogen) atoms. The number of anilines is 2. The summed E-state index contributed by atoms with van der Waals surface area (Å²) >= 11 is 2.20. The first-order chi connectivity index (χ1) is 24.0. The van der Waals surface area contributed by atoms with Crippen LogP contribution in [0.25, 0.3) is 27.8 Å². The minimum Gasteiger partial charge on any atom is -0.329 e. The molecule has 0 saturated heterocycles. The molecule has 1 aromatic heterocycles. The summed E-state index contributed by atoms with van der Waals surface area (Å²) < 4.78 is 2.72. The van der Waals surface area contributed by atoms with E-state index in [1.807, 2.05) is 0 Å². The molecule has 4 heterocycles. The van der Waals surface area contributed by atoms with Gasteiger partial charge in [0.05, 0.1) is 11.1 Å². The van der Waals surface area contributed by atoms with Crippen LogP contribution in [0.5, 0.6) is 0 Å². The largest absolute Gasteiger partial charge is 0.329 e. The molecule has 2 unspecified atom stereocenters. The third-order valence-corrected chi connectivity index (χ3v) is 14.5. The third kappa shape index (κ3) is 4.20. The Balaban J connectivity index is 1.33. The van der Waals surface area contributed by atoms with E-state index in [0.29, 0.717) is 23.3 Å². The van der Waals surface area contributed by atoms with Crippen molar-refractivity contribution in [3.8, 4) is 16.9 Å². The number of aromatic nitrogens is 1. The molecular formula is C47H51BN2S. The van der Waals surface area contributed by atoms with Crippen molar-refractivity contribution in [1.29, 1.82) is 0 Å². The van der Waals surface area contributed by atoms with Gasteiger partial charge in [-0.05, 0) is 110 Å². The zero-order valence-electron chi connectivity index (χ0n) is 32.4. The van der Waals surface area contributed by atoms with Gasteiger partial charge in [0, 0.05) is 38.9 Å². The zero-order chi connectivity index (χ0) is 35.7. The minimum absolute atomic E-state index is 0.0447. The second kappa shape index (κ2) is 9.87. The number of hydrogen-bond acceptors (Lipinski definition) is 2. The maximum absolute atomic E-state index is 2.82. The first-order valence-electron chi connectivity index (χ1n) is 19.2. The highest BCUT2D eigenvalue weighted by Gasteiger charge is 2.57. The standard InChI is InChI=1S/C47H51BN2S/c1-26-19-35-40-36(20-26)50-41-31(38-42(50)30-15-12-13-17-33(30)47(38,10)11)16-14-18-34(41)48(40)39-32-24-46(8,9)25-37(32)51-43(39)49(35)29-22-27(44(2,3)4)21-28(23-29)45(5,6)7/h12-23,39,43H,24-25H2,1-11H3. The lowest BCUT2D eigenvalue weighted by atomic mass is 9.29. The van der Waals surface area contributed by atoms with E-state index in [0.717, 1.165) is 0 Å². The van der Waals surface area contributed by atoms with E-state index in [-0.39, 0.29) is 16.2 Å². The van der Waals surface area contributed by atoms with Crippen molar-refractivity contribution in [3.05, 3.63) is 111 Å². The van der Waals surface area contributed by atoms with Crippen molar-refractivity contribution in [2.45, 2.75) is 116 Å². The molecule has 0 fully saturated rings. The van der Waals surface area contributed by atoms with Gasteiger partial charge in [-0.15, -0.1) is 11.8 Å². The summed E-state index contributed by atoms with van der Waals surface area (Å²) in [5.74, 6) is 0.418. The topological polar surface area (TPSA) is 8.17 Å². The van der Waals surface area contributed by atoms with Crippen LogP contribution in [0.4, 0.5) is 11.4 Å². The molecule has 2 aliphatic carbocycles. The van der Waals surface area contributed by atoms with Crippen LogP contribution in [0.15, 0.2) is 83.3 Å². The molecule has 5 aliphatic rings. The molecule has 0 bridgehead atoms. The van der Waals surface area contributed by atoms with Crippen molar-refractivity contribution in [3.63, 3.8) is 0 Å². The third-order valence-electron chi connectivity index (χ3n) is 13.1. The summed E-state index contributed by atoms with van der Waals surface area (Å²) in [5.41, 5.74) is 20.7. The number of allylic oxidation sites excluding steroid dienone is 1. The van der Waals surface area contributed by atoms with E-state index in [1.165, 1.54) is 90.8 Å². The lowest BCUT2D eigenvalue weighted by Gasteiger charge is -2.48. The van der Waals surface area contributed by atoms with E-state index in [1.54, 1.807) is 10.5 Å². The van der Waals surface area contributed by atoms with Crippen molar-refractivity contribution in [2.75, 3.05) is 4.90 Å². The average Bonchev–Trinajstić information content (AvgIpc) is 3.73.